The number of carbonyl (C=O) groups is 3. The van der Waals surface area contributed by atoms with E-state index in [4.69, 9.17) is 9.47 Å². The number of amides is 2. The number of piperidine rings is 1. The summed E-state index contributed by atoms with van der Waals surface area (Å²) in [5, 5.41) is 9.20. The Hall–Kier alpha value is -3.55. The molecule has 1 saturated carbocycles. The first-order valence-corrected chi connectivity index (χ1v) is 13.9. The van der Waals surface area contributed by atoms with E-state index in [1.807, 2.05) is 49.9 Å². The Morgan fingerprint density at radius 2 is 1.64 bits per heavy atom. The second-order valence-electron chi connectivity index (χ2n) is 12.0. The number of hydrogen-bond acceptors (Lipinski definition) is 5. The molecule has 5 rings (SSSR count). The molecule has 39 heavy (non-hydrogen) atoms. The van der Waals surface area contributed by atoms with Gasteiger partial charge >= 0.3 is 18.2 Å². The highest BCUT2D eigenvalue weighted by molar-refractivity contribution is 5.79. The molecule has 2 amide bonds. The molecule has 3 aliphatic rings. The molecule has 1 N–H and O–H groups in total. The van der Waals surface area contributed by atoms with E-state index in [0.29, 0.717) is 32.4 Å². The molecule has 1 atom stereocenters. The third-order valence-corrected chi connectivity index (χ3v) is 8.12. The Balaban J connectivity index is 1.29. The van der Waals surface area contributed by atoms with E-state index < -0.39 is 17.7 Å². The Bertz CT molecular complexity index is 1200. The third-order valence-electron chi connectivity index (χ3n) is 8.12. The molecule has 1 heterocycles. The van der Waals surface area contributed by atoms with Crippen LogP contribution in [0.5, 0.6) is 0 Å². The summed E-state index contributed by atoms with van der Waals surface area (Å²) in [6, 6.07) is 16.3. The molecule has 1 spiro atoms. The summed E-state index contributed by atoms with van der Waals surface area (Å²) in [6.07, 6.45) is 2.58. The lowest BCUT2D eigenvalue weighted by molar-refractivity contribution is -0.137. The molecule has 8 nitrogen and oxygen atoms in total. The lowest BCUT2D eigenvalue weighted by atomic mass is 9.94. The number of carboxylic acid groups (broad SMARTS) is 1. The van der Waals surface area contributed by atoms with Crippen LogP contribution < -0.4 is 0 Å². The molecule has 2 aromatic carbocycles. The molecule has 1 unspecified atom stereocenters. The number of ether oxygens (including phenoxy) is 2. The van der Waals surface area contributed by atoms with Crippen LogP contribution in [0.3, 0.4) is 0 Å². The minimum absolute atomic E-state index is 0.0188. The first-order valence-electron chi connectivity index (χ1n) is 13.9. The summed E-state index contributed by atoms with van der Waals surface area (Å²) in [5.41, 5.74) is 3.74. The third kappa shape index (κ3) is 5.75. The van der Waals surface area contributed by atoms with E-state index >= 15 is 0 Å². The fourth-order valence-corrected chi connectivity index (χ4v) is 6.15. The lowest BCUT2D eigenvalue weighted by Crippen LogP contribution is -2.55. The fourth-order valence-electron chi connectivity index (χ4n) is 6.15. The Kier molecular flexibility index (Phi) is 7.31. The molecule has 0 radical (unpaired) electrons. The standard InChI is InChI=1S/C31H38N2O6/c1-30(2,3)39-29(37)33-18-14-21(19-31(33)15-16-31)32(17-8-13-27(34)35)28(36)38-20-26-24-11-6-4-9-22(24)23-10-5-7-12-25(23)26/h4-7,9-12,21,26H,8,13-20H2,1-3H3,(H,34,35). The number of nitrogens with zero attached hydrogens (tertiary/aromatic N) is 2. The molecule has 8 heteroatoms. The molecule has 2 aromatic rings. The van der Waals surface area contributed by atoms with Gasteiger partial charge in [-0.15, -0.1) is 0 Å². The van der Waals surface area contributed by atoms with Gasteiger partial charge in [-0.05, 0) is 75.1 Å². The molecule has 0 aromatic heterocycles. The highest BCUT2D eigenvalue weighted by Crippen LogP contribution is 2.50. The van der Waals surface area contributed by atoms with Crippen molar-refractivity contribution in [2.75, 3.05) is 19.7 Å². The first-order chi connectivity index (χ1) is 18.6. The normalized spacial score (nSPS) is 19.3. The monoisotopic (exact) mass is 534 g/mol. The van der Waals surface area contributed by atoms with Crippen LogP contribution >= 0.6 is 0 Å². The van der Waals surface area contributed by atoms with Crippen molar-refractivity contribution >= 4 is 18.2 Å². The Labute approximate surface area is 229 Å². The number of fused-ring (bicyclic) bond motifs is 3. The summed E-state index contributed by atoms with van der Waals surface area (Å²) in [5.74, 6) is -0.938. The van der Waals surface area contributed by atoms with Crippen LogP contribution in [0.25, 0.3) is 11.1 Å². The predicted octanol–water partition coefficient (Wildman–Crippen LogP) is 6.03. The van der Waals surface area contributed by atoms with Crippen LogP contribution in [0, 0.1) is 0 Å². The van der Waals surface area contributed by atoms with Crippen LogP contribution in [0.2, 0.25) is 0 Å². The van der Waals surface area contributed by atoms with Gasteiger partial charge < -0.3 is 24.4 Å². The van der Waals surface area contributed by atoms with E-state index in [2.05, 4.69) is 24.3 Å². The molecule has 2 aliphatic carbocycles. The second kappa shape index (κ2) is 10.5. The maximum Gasteiger partial charge on any atom is 0.410 e. The molecule has 1 saturated heterocycles. The SMILES string of the molecule is CC(C)(C)OC(=O)N1CCC(N(CCCC(=O)O)C(=O)OCC2c3ccccc3-c3ccccc32)CC12CC2. The average Bonchev–Trinajstić information content (AvgIpc) is 3.56. The van der Waals surface area contributed by atoms with Gasteiger partial charge in [0.1, 0.15) is 12.2 Å². The van der Waals surface area contributed by atoms with Gasteiger partial charge in [-0.1, -0.05) is 48.5 Å². The van der Waals surface area contributed by atoms with Crippen LogP contribution in [0.4, 0.5) is 9.59 Å². The molecular weight excluding hydrogens is 496 g/mol. The van der Waals surface area contributed by atoms with Crippen molar-refractivity contribution in [2.45, 2.75) is 82.4 Å². The van der Waals surface area contributed by atoms with Gasteiger partial charge in [0.15, 0.2) is 0 Å². The van der Waals surface area contributed by atoms with E-state index in [0.717, 1.165) is 35.1 Å². The van der Waals surface area contributed by atoms with Gasteiger partial charge in [0.25, 0.3) is 0 Å². The van der Waals surface area contributed by atoms with Gasteiger partial charge in [0.05, 0.1) is 0 Å². The van der Waals surface area contributed by atoms with Crippen LogP contribution in [-0.4, -0.2) is 69.9 Å². The zero-order valence-electron chi connectivity index (χ0n) is 23.0. The van der Waals surface area contributed by atoms with Crippen molar-refractivity contribution in [1.82, 2.24) is 9.80 Å². The average molecular weight is 535 g/mol. The predicted molar refractivity (Wildman–Crippen MR) is 147 cm³/mol. The van der Waals surface area contributed by atoms with E-state index in [-0.39, 0.29) is 36.6 Å². The van der Waals surface area contributed by atoms with Gasteiger partial charge in [0.2, 0.25) is 0 Å². The molecule has 1 aliphatic heterocycles. The summed E-state index contributed by atoms with van der Waals surface area (Å²) in [4.78, 5) is 41.3. The number of benzene rings is 2. The molecule has 208 valence electrons. The summed E-state index contributed by atoms with van der Waals surface area (Å²) in [6.45, 7) is 6.58. The molecular formula is C31H38N2O6. The smallest absolute Gasteiger partial charge is 0.410 e. The maximum atomic E-state index is 13.6. The highest BCUT2D eigenvalue weighted by Gasteiger charge is 2.55. The van der Waals surface area contributed by atoms with Gasteiger partial charge in [-0.2, -0.15) is 0 Å². The maximum absolute atomic E-state index is 13.6. The van der Waals surface area contributed by atoms with E-state index in [1.165, 1.54) is 0 Å². The van der Waals surface area contributed by atoms with Gasteiger partial charge in [-0.3, -0.25) is 4.79 Å². The zero-order valence-corrected chi connectivity index (χ0v) is 23.0. The van der Waals surface area contributed by atoms with Crippen LogP contribution in [-0.2, 0) is 14.3 Å². The quantitative estimate of drug-likeness (QED) is 0.466. The van der Waals surface area contributed by atoms with Gasteiger partial charge in [-0.25, -0.2) is 9.59 Å². The highest BCUT2D eigenvalue weighted by atomic mass is 16.6. The first kappa shape index (κ1) is 27.0. The van der Waals surface area contributed by atoms with Crippen molar-refractivity contribution in [3.8, 4) is 11.1 Å². The molecule has 0 bridgehead atoms. The minimum atomic E-state index is -0.888. The van der Waals surface area contributed by atoms with Crippen LogP contribution in [0.1, 0.15) is 76.3 Å². The van der Waals surface area contributed by atoms with Crippen LogP contribution in [0.15, 0.2) is 48.5 Å². The second-order valence-corrected chi connectivity index (χ2v) is 12.0. The Morgan fingerprint density at radius 3 is 2.21 bits per heavy atom. The number of carbonyl (C=O) groups excluding carboxylic acids is 2. The van der Waals surface area contributed by atoms with Gasteiger partial charge in [0, 0.05) is 37.0 Å². The summed E-state index contributed by atoms with van der Waals surface area (Å²) < 4.78 is 11.6. The van der Waals surface area contributed by atoms with E-state index in [9.17, 15) is 19.5 Å². The van der Waals surface area contributed by atoms with Crippen molar-refractivity contribution in [3.05, 3.63) is 59.7 Å². The lowest BCUT2D eigenvalue weighted by Gasteiger charge is -2.44. The van der Waals surface area contributed by atoms with Crippen molar-refractivity contribution < 1.29 is 29.0 Å². The Morgan fingerprint density at radius 1 is 1.03 bits per heavy atom. The van der Waals surface area contributed by atoms with Crippen molar-refractivity contribution in [3.63, 3.8) is 0 Å². The molecule has 2 fully saturated rings. The topological polar surface area (TPSA) is 96.4 Å². The number of rotatable bonds is 7. The largest absolute Gasteiger partial charge is 0.481 e. The van der Waals surface area contributed by atoms with Crippen molar-refractivity contribution in [2.24, 2.45) is 0 Å². The fraction of sp³-hybridized carbons (Fsp3) is 0.516. The number of carboxylic acids is 1. The summed E-state index contributed by atoms with van der Waals surface area (Å²) >= 11 is 0. The summed E-state index contributed by atoms with van der Waals surface area (Å²) in [7, 11) is 0. The number of aliphatic carboxylic acids is 1. The van der Waals surface area contributed by atoms with Crippen molar-refractivity contribution in [1.29, 1.82) is 0 Å². The zero-order chi connectivity index (χ0) is 27.8. The number of hydrogen-bond donors (Lipinski definition) is 1. The number of likely N-dealkylation sites (tertiary alicyclic amines) is 1. The van der Waals surface area contributed by atoms with E-state index in [1.54, 1.807) is 4.90 Å². The minimum Gasteiger partial charge on any atom is -0.481 e.